The Hall–Kier alpha value is -2.60. The summed E-state index contributed by atoms with van der Waals surface area (Å²) < 4.78 is 1.68. The van der Waals surface area contributed by atoms with E-state index in [1.807, 2.05) is 26.8 Å². The molecule has 1 aromatic carbocycles. The number of carbonyl (C=O) groups excluding carboxylic acids is 1. The molecule has 1 unspecified atom stereocenters. The second-order valence-electron chi connectivity index (χ2n) is 7.22. The molecule has 0 radical (unpaired) electrons. The summed E-state index contributed by atoms with van der Waals surface area (Å²) in [6, 6.07) is 6.10. The predicted molar refractivity (Wildman–Crippen MR) is 106 cm³/mol. The van der Waals surface area contributed by atoms with Crippen molar-refractivity contribution in [2.45, 2.75) is 45.2 Å². The number of amides is 1. The summed E-state index contributed by atoms with van der Waals surface area (Å²) in [5, 5.41) is 17.0. The summed E-state index contributed by atoms with van der Waals surface area (Å²) in [6.45, 7) is 9.47. The van der Waals surface area contributed by atoms with Gasteiger partial charge in [-0.25, -0.2) is 4.79 Å². The van der Waals surface area contributed by atoms with E-state index >= 15 is 0 Å². The average Bonchev–Trinajstić information content (AvgIpc) is 3.04. The second-order valence-corrected chi connectivity index (χ2v) is 7.62. The van der Waals surface area contributed by atoms with Gasteiger partial charge in [0.15, 0.2) is 0 Å². The quantitative estimate of drug-likeness (QED) is 0.698. The summed E-state index contributed by atoms with van der Waals surface area (Å²) in [5.41, 5.74) is 0.956. The van der Waals surface area contributed by atoms with Crippen LogP contribution in [0.1, 0.15) is 44.0 Å². The van der Waals surface area contributed by atoms with Crippen molar-refractivity contribution in [1.82, 2.24) is 15.1 Å². The lowest BCUT2D eigenvalue weighted by molar-refractivity contribution is -0.139. The van der Waals surface area contributed by atoms with Crippen LogP contribution in [0.2, 0.25) is 5.02 Å². The molecule has 2 N–H and O–H groups in total. The minimum absolute atomic E-state index is 0.263. The smallest absolute Gasteiger partial charge is 0.326 e. The van der Waals surface area contributed by atoms with Crippen LogP contribution in [0.5, 0.6) is 0 Å². The first-order valence-electron chi connectivity index (χ1n) is 8.64. The maximum atomic E-state index is 12.9. The molecular weight excluding hydrogens is 366 g/mol. The number of hydrogen-bond acceptors (Lipinski definition) is 3. The third kappa shape index (κ3) is 4.98. The predicted octanol–water partition coefficient (Wildman–Crippen LogP) is 4.11. The number of nitrogens with zero attached hydrogens (tertiary/aromatic N) is 2. The molecule has 0 saturated heterocycles. The fraction of sp³-hybridized carbons (Fsp3) is 0.350. The Balaban J connectivity index is 2.46. The van der Waals surface area contributed by atoms with Gasteiger partial charge in [-0.15, -0.1) is 6.58 Å². The van der Waals surface area contributed by atoms with Crippen LogP contribution >= 0.6 is 11.6 Å². The summed E-state index contributed by atoms with van der Waals surface area (Å²) in [7, 11) is 0. The van der Waals surface area contributed by atoms with Crippen molar-refractivity contribution in [3.8, 4) is 11.3 Å². The Kier molecular flexibility index (Phi) is 6.44. The molecule has 0 spiro atoms. The lowest BCUT2D eigenvalue weighted by Crippen LogP contribution is -2.40. The Morgan fingerprint density at radius 1 is 1.37 bits per heavy atom. The number of aromatic nitrogens is 2. The van der Waals surface area contributed by atoms with Gasteiger partial charge in [-0.2, -0.15) is 5.10 Å². The van der Waals surface area contributed by atoms with Crippen molar-refractivity contribution in [3.63, 3.8) is 0 Å². The molecule has 27 heavy (non-hydrogen) atoms. The molecule has 0 saturated carbocycles. The number of rotatable bonds is 7. The molecule has 1 aromatic heterocycles. The first-order chi connectivity index (χ1) is 12.6. The van der Waals surface area contributed by atoms with Crippen molar-refractivity contribution in [2.75, 3.05) is 0 Å². The molecule has 144 valence electrons. The Morgan fingerprint density at radius 3 is 2.59 bits per heavy atom. The van der Waals surface area contributed by atoms with Crippen LogP contribution in [-0.4, -0.2) is 32.8 Å². The molecule has 2 aromatic rings. The zero-order chi connectivity index (χ0) is 20.2. The van der Waals surface area contributed by atoms with Gasteiger partial charge in [0.25, 0.3) is 5.91 Å². The first-order valence-corrected chi connectivity index (χ1v) is 9.02. The highest BCUT2D eigenvalue weighted by Crippen LogP contribution is 2.30. The van der Waals surface area contributed by atoms with E-state index in [2.05, 4.69) is 17.0 Å². The van der Waals surface area contributed by atoms with Gasteiger partial charge in [0.1, 0.15) is 11.7 Å². The molecule has 6 nitrogen and oxygen atoms in total. The maximum Gasteiger partial charge on any atom is 0.326 e. The van der Waals surface area contributed by atoms with E-state index in [0.29, 0.717) is 22.7 Å². The van der Waals surface area contributed by atoms with E-state index in [1.165, 1.54) is 0 Å². The minimum Gasteiger partial charge on any atom is -0.480 e. The van der Waals surface area contributed by atoms with Gasteiger partial charge in [0, 0.05) is 11.8 Å². The molecular formula is C20H24ClN3O3. The van der Waals surface area contributed by atoms with Crippen molar-refractivity contribution in [3.05, 3.63) is 53.7 Å². The van der Waals surface area contributed by atoms with E-state index in [4.69, 9.17) is 11.6 Å². The number of halogens is 1. The summed E-state index contributed by atoms with van der Waals surface area (Å²) in [6.07, 6.45) is 3.99. The van der Waals surface area contributed by atoms with Crippen LogP contribution in [-0.2, 0) is 10.3 Å². The number of allylic oxidation sites excluding steroid dienone is 1. The molecule has 1 atom stereocenters. The molecule has 1 amide bonds. The van der Waals surface area contributed by atoms with Crippen LogP contribution < -0.4 is 5.32 Å². The third-order valence-corrected chi connectivity index (χ3v) is 4.37. The SMILES string of the molecule is C=CCCC(NC(=O)c1cn(C(C)(C)C)nc1-c1ccccc1Cl)C(=O)O. The zero-order valence-electron chi connectivity index (χ0n) is 15.7. The Labute approximate surface area is 163 Å². The molecule has 0 aliphatic heterocycles. The van der Waals surface area contributed by atoms with Crippen molar-refractivity contribution in [2.24, 2.45) is 0 Å². The lowest BCUT2D eigenvalue weighted by Gasteiger charge is -2.18. The van der Waals surface area contributed by atoms with Gasteiger partial charge < -0.3 is 10.4 Å². The third-order valence-electron chi connectivity index (χ3n) is 4.04. The van der Waals surface area contributed by atoms with Gasteiger partial charge >= 0.3 is 5.97 Å². The molecule has 0 fully saturated rings. The Bertz CT molecular complexity index is 852. The number of hydrogen-bond donors (Lipinski definition) is 2. The van der Waals surface area contributed by atoms with Crippen molar-refractivity contribution >= 4 is 23.5 Å². The van der Waals surface area contributed by atoms with Crippen molar-refractivity contribution < 1.29 is 14.7 Å². The fourth-order valence-electron chi connectivity index (χ4n) is 2.51. The summed E-state index contributed by atoms with van der Waals surface area (Å²) >= 11 is 6.30. The first kappa shape index (κ1) is 20.7. The lowest BCUT2D eigenvalue weighted by atomic mass is 10.1. The summed E-state index contributed by atoms with van der Waals surface area (Å²) in [5.74, 6) is -1.59. The highest BCUT2D eigenvalue weighted by Gasteiger charge is 2.27. The molecule has 0 aliphatic carbocycles. The van der Waals surface area contributed by atoms with Crippen LogP contribution in [0, 0.1) is 0 Å². The number of carbonyl (C=O) groups is 2. The van der Waals surface area contributed by atoms with Crippen LogP contribution in [0.15, 0.2) is 43.1 Å². The van der Waals surface area contributed by atoms with E-state index < -0.39 is 17.9 Å². The number of aliphatic carboxylic acids is 1. The number of benzene rings is 1. The molecule has 7 heteroatoms. The molecule has 1 heterocycles. The second kappa shape index (κ2) is 8.39. The van der Waals surface area contributed by atoms with Gasteiger partial charge in [0.05, 0.1) is 16.1 Å². The van der Waals surface area contributed by atoms with Gasteiger partial charge in [-0.05, 0) is 39.7 Å². The average molecular weight is 390 g/mol. The monoisotopic (exact) mass is 389 g/mol. The number of nitrogens with one attached hydrogen (secondary N) is 1. The topological polar surface area (TPSA) is 84.2 Å². The zero-order valence-corrected chi connectivity index (χ0v) is 16.5. The number of carboxylic acids is 1. The Morgan fingerprint density at radius 2 is 2.04 bits per heavy atom. The molecule has 0 aliphatic rings. The molecule has 2 rings (SSSR count). The van der Waals surface area contributed by atoms with Crippen LogP contribution in [0.4, 0.5) is 0 Å². The van der Waals surface area contributed by atoms with E-state index in [1.54, 1.807) is 35.2 Å². The molecule has 0 bridgehead atoms. The van der Waals surface area contributed by atoms with E-state index in [0.717, 1.165) is 0 Å². The number of carboxylic acid groups (broad SMARTS) is 1. The largest absolute Gasteiger partial charge is 0.480 e. The van der Waals surface area contributed by atoms with Crippen molar-refractivity contribution in [1.29, 1.82) is 0 Å². The van der Waals surface area contributed by atoms with E-state index in [-0.39, 0.29) is 17.5 Å². The van der Waals surface area contributed by atoms with Gasteiger partial charge in [0.2, 0.25) is 0 Å². The van der Waals surface area contributed by atoms with E-state index in [9.17, 15) is 14.7 Å². The van der Waals surface area contributed by atoms with Gasteiger partial charge in [-0.1, -0.05) is 35.9 Å². The van der Waals surface area contributed by atoms with Crippen LogP contribution in [0.25, 0.3) is 11.3 Å². The standard InChI is InChI=1S/C20H24ClN3O3/c1-5-6-11-16(19(26)27)22-18(25)14-12-24(20(2,3)4)23-17(14)13-9-7-8-10-15(13)21/h5,7-10,12,16H,1,6,11H2,2-4H3,(H,22,25)(H,26,27). The minimum atomic E-state index is -1.09. The van der Waals surface area contributed by atoms with Crippen LogP contribution in [0.3, 0.4) is 0 Å². The maximum absolute atomic E-state index is 12.9. The summed E-state index contributed by atoms with van der Waals surface area (Å²) in [4.78, 5) is 24.3. The normalized spacial score (nSPS) is 12.4. The fourth-order valence-corrected chi connectivity index (χ4v) is 2.74. The van der Waals surface area contributed by atoms with Gasteiger partial charge in [-0.3, -0.25) is 9.48 Å². The highest BCUT2D eigenvalue weighted by atomic mass is 35.5. The highest BCUT2D eigenvalue weighted by molar-refractivity contribution is 6.33.